The molecule has 1 aliphatic rings. The van der Waals surface area contributed by atoms with Gasteiger partial charge in [-0.1, -0.05) is 12.1 Å². The van der Waals surface area contributed by atoms with Crippen molar-refractivity contribution in [3.8, 4) is 11.5 Å². The predicted octanol–water partition coefficient (Wildman–Crippen LogP) is 4.48. The fraction of sp³-hybridized carbons (Fsp3) is 0.455. The summed E-state index contributed by atoms with van der Waals surface area (Å²) in [6.45, 7) is -0.501. The zero-order valence-electron chi connectivity index (χ0n) is 18.3. The molecule has 1 aromatic carbocycles. The second-order valence-corrected chi connectivity index (χ2v) is 7.98. The number of hydrogen-bond donors (Lipinski definition) is 1. The Balaban J connectivity index is 1.62. The van der Waals surface area contributed by atoms with Gasteiger partial charge in [0.05, 0.1) is 24.6 Å². The average molecular weight is 507 g/mol. The largest absolute Gasteiger partial charge is 0.573 e. The number of halogens is 6. The first kappa shape index (κ1) is 26.4. The lowest BCUT2D eigenvalue weighted by atomic mass is 10.1. The summed E-state index contributed by atoms with van der Waals surface area (Å²) < 4.78 is 85.1. The van der Waals surface area contributed by atoms with Crippen LogP contribution in [-0.2, 0) is 11.4 Å². The van der Waals surface area contributed by atoms with Crippen LogP contribution in [0.3, 0.4) is 0 Å². The molecule has 0 spiro atoms. The molecule has 1 aromatic heterocycles. The summed E-state index contributed by atoms with van der Waals surface area (Å²) in [6, 6.07) is 6.22. The third-order valence-corrected chi connectivity index (χ3v) is 5.30. The molecule has 0 bridgehead atoms. The summed E-state index contributed by atoms with van der Waals surface area (Å²) in [7, 11) is 0. The maximum absolute atomic E-state index is 12.9. The Bertz CT molecular complexity index is 984. The van der Waals surface area contributed by atoms with Gasteiger partial charge in [0, 0.05) is 38.2 Å². The van der Waals surface area contributed by atoms with Crippen LogP contribution < -0.4 is 14.4 Å². The standard InChI is InChI=1S/C22H23F6N3O4/c23-21(24,25)14-31-8-7-30(12-16(31)3-6-20(32)33)17-9-19(11-29-10-17)34-13-15-1-4-18(5-2-15)35-22(26,27)28/h1-2,4-5,9-11,16H,3,6-8,12-14H2,(H,32,33). The van der Waals surface area contributed by atoms with Crippen LogP contribution in [-0.4, -0.2) is 65.7 Å². The lowest BCUT2D eigenvalue weighted by molar-refractivity contribution is -0.274. The lowest BCUT2D eigenvalue weighted by Crippen LogP contribution is -2.55. The van der Waals surface area contributed by atoms with E-state index in [0.717, 1.165) is 0 Å². The molecular weight excluding hydrogens is 484 g/mol. The molecule has 192 valence electrons. The van der Waals surface area contributed by atoms with Crippen molar-refractivity contribution >= 4 is 11.7 Å². The van der Waals surface area contributed by atoms with E-state index in [1.807, 2.05) is 4.90 Å². The number of pyridine rings is 1. The van der Waals surface area contributed by atoms with Crippen molar-refractivity contribution in [2.24, 2.45) is 0 Å². The summed E-state index contributed by atoms with van der Waals surface area (Å²) >= 11 is 0. The molecule has 1 unspecified atom stereocenters. The number of carboxylic acids is 1. The Labute approximate surface area is 196 Å². The van der Waals surface area contributed by atoms with Crippen molar-refractivity contribution in [2.45, 2.75) is 38.0 Å². The summed E-state index contributed by atoms with van der Waals surface area (Å²) in [5, 5.41) is 8.96. The van der Waals surface area contributed by atoms with Crippen LogP contribution in [0.25, 0.3) is 0 Å². The van der Waals surface area contributed by atoms with E-state index in [1.54, 1.807) is 6.07 Å². The van der Waals surface area contributed by atoms with Gasteiger partial charge in [-0.15, -0.1) is 13.2 Å². The van der Waals surface area contributed by atoms with Crippen LogP contribution in [0.5, 0.6) is 11.5 Å². The minimum Gasteiger partial charge on any atom is -0.487 e. The smallest absolute Gasteiger partial charge is 0.487 e. The van der Waals surface area contributed by atoms with Gasteiger partial charge in [-0.25, -0.2) is 0 Å². The van der Waals surface area contributed by atoms with E-state index in [4.69, 9.17) is 9.84 Å². The third-order valence-electron chi connectivity index (χ3n) is 5.30. The Morgan fingerprint density at radius 2 is 1.77 bits per heavy atom. The maximum atomic E-state index is 12.9. The fourth-order valence-corrected chi connectivity index (χ4v) is 3.74. The van der Waals surface area contributed by atoms with E-state index in [0.29, 0.717) is 17.0 Å². The summed E-state index contributed by atoms with van der Waals surface area (Å²) in [5.74, 6) is -1.07. The number of carbonyl (C=O) groups is 1. The molecule has 13 heteroatoms. The molecule has 0 saturated carbocycles. The first-order valence-corrected chi connectivity index (χ1v) is 10.6. The van der Waals surface area contributed by atoms with Gasteiger partial charge in [0.25, 0.3) is 0 Å². The SMILES string of the molecule is O=C(O)CCC1CN(c2cncc(OCc3ccc(OC(F)(F)F)cc3)c2)CCN1CC(F)(F)F. The number of aromatic nitrogens is 1. The molecule has 2 heterocycles. The van der Waals surface area contributed by atoms with Gasteiger partial charge in [-0.2, -0.15) is 13.2 Å². The summed E-state index contributed by atoms with van der Waals surface area (Å²) in [5.41, 5.74) is 1.18. The molecule has 0 radical (unpaired) electrons. The van der Waals surface area contributed by atoms with E-state index in [9.17, 15) is 31.1 Å². The Morgan fingerprint density at radius 1 is 1.06 bits per heavy atom. The molecule has 2 aromatic rings. The molecule has 0 aliphatic carbocycles. The molecule has 0 amide bonds. The van der Waals surface area contributed by atoms with Crippen LogP contribution in [0, 0.1) is 0 Å². The van der Waals surface area contributed by atoms with E-state index >= 15 is 0 Å². The highest BCUT2D eigenvalue weighted by Crippen LogP contribution is 2.27. The summed E-state index contributed by atoms with van der Waals surface area (Å²) in [6.07, 6.45) is -6.39. The number of rotatable bonds is 9. The minimum atomic E-state index is -4.78. The third kappa shape index (κ3) is 8.81. The van der Waals surface area contributed by atoms with Crippen molar-refractivity contribution < 1.29 is 45.7 Å². The summed E-state index contributed by atoms with van der Waals surface area (Å²) in [4.78, 5) is 18.1. The van der Waals surface area contributed by atoms with Gasteiger partial charge in [0.1, 0.15) is 18.1 Å². The zero-order chi connectivity index (χ0) is 25.6. The first-order chi connectivity index (χ1) is 16.4. The lowest BCUT2D eigenvalue weighted by Gasteiger charge is -2.42. The Morgan fingerprint density at radius 3 is 2.40 bits per heavy atom. The number of alkyl halides is 6. The van der Waals surface area contributed by atoms with E-state index in [-0.39, 0.29) is 44.8 Å². The van der Waals surface area contributed by atoms with E-state index < -0.39 is 31.1 Å². The molecule has 1 aliphatic heterocycles. The van der Waals surface area contributed by atoms with Gasteiger partial charge in [0.15, 0.2) is 0 Å². The van der Waals surface area contributed by atoms with Crippen molar-refractivity contribution in [3.63, 3.8) is 0 Å². The Kier molecular flexibility index (Phi) is 8.30. The molecule has 7 nitrogen and oxygen atoms in total. The second-order valence-electron chi connectivity index (χ2n) is 7.98. The fourth-order valence-electron chi connectivity index (χ4n) is 3.74. The number of ether oxygens (including phenoxy) is 2. The van der Waals surface area contributed by atoms with Crippen molar-refractivity contribution in [3.05, 3.63) is 48.3 Å². The molecule has 1 fully saturated rings. The van der Waals surface area contributed by atoms with Gasteiger partial charge < -0.3 is 19.5 Å². The van der Waals surface area contributed by atoms with E-state index in [1.165, 1.54) is 41.6 Å². The van der Waals surface area contributed by atoms with Gasteiger partial charge in [0.2, 0.25) is 0 Å². The highest BCUT2D eigenvalue weighted by Gasteiger charge is 2.37. The average Bonchev–Trinajstić information content (AvgIpc) is 2.76. The van der Waals surface area contributed by atoms with Crippen LogP contribution in [0.1, 0.15) is 18.4 Å². The molecular formula is C22H23F6N3O4. The second kappa shape index (κ2) is 11.0. The maximum Gasteiger partial charge on any atom is 0.573 e. The van der Waals surface area contributed by atoms with E-state index in [2.05, 4.69) is 9.72 Å². The van der Waals surface area contributed by atoms with Gasteiger partial charge in [-0.05, 0) is 24.1 Å². The van der Waals surface area contributed by atoms with Crippen molar-refractivity contribution in [1.29, 1.82) is 0 Å². The zero-order valence-corrected chi connectivity index (χ0v) is 18.3. The number of aliphatic carboxylic acids is 1. The number of nitrogens with zero attached hydrogens (tertiary/aromatic N) is 3. The number of benzene rings is 1. The van der Waals surface area contributed by atoms with Crippen LogP contribution in [0.4, 0.5) is 32.0 Å². The molecule has 1 atom stereocenters. The number of piperazine rings is 1. The molecule has 1 N–H and O–H groups in total. The van der Waals surface area contributed by atoms with Crippen LogP contribution in [0.15, 0.2) is 42.7 Å². The van der Waals surface area contributed by atoms with Gasteiger partial charge in [-0.3, -0.25) is 14.7 Å². The molecule has 35 heavy (non-hydrogen) atoms. The highest BCUT2D eigenvalue weighted by molar-refractivity contribution is 5.66. The van der Waals surface area contributed by atoms with Gasteiger partial charge >= 0.3 is 18.5 Å². The van der Waals surface area contributed by atoms with Crippen molar-refractivity contribution in [1.82, 2.24) is 9.88 Å². The normalized spacial score (nSPS) is 17.3. The monoisotopic (exact) mass is 507 g/mol. The molecule has 1 saturated heterocycles. The highest BCUT2D eigenvalue weighted by atomic mass is 19.4. The number of anilines is 1. The molecule has 3 rings (SSSR count). The topological polar surface area (TPSA) is 75.1 Å². The number of carboxylic acid groups (broad SMARTS) is 1. The Hall–Kier alpha value is -3.22. The quantitative estimate of drug-likeness (QED) is 0.502. The minimum absolute atomic E-state index is 0.0397. The predicted molar refractivity (Wildman–Crippen MR) is 112 cm³/mol. The van der Waals surface area contributed by atoms with Crippen molar-refractivity contribution in [2.75, 3.05) is 31.1 Å². The van der Waals surface area contributed by atoms with Crippen LogP contribution >= 0.6 is 0 Å². The first-order valence-electron chi connectivity index (χ1n) is 10.6. The number of hydrogen-bond acceptors (Lipinski definition) is 6. The van der Waals surface area contributed by atoms with Crippen LogP contribution in [0.2, 0.25) is 0 Å².